The Morgan fingerprint density at radius 2 is 1.02 bits per heavy atom. The van der Waals surface area contributed by atoms with Crippen LogP contribution in [0.4, 0.5) is 11.4 Å². The van der Waals surface area contributed by atoms with Crippen LogP contribution in [0.15, 0.2) is 150 Å². The minimum absolute atomic E-state index is 0.00661. The van der Waals surface area contributed by atoms with E-state index in [0.717, 1.165) is 77.1 Å². The molecule has 0 aliphatic carbocycles. The van der Waals surface area contributed by atoms with E-state index in [9.17, 15) is 9.59 Å². The average Bonchev–Trinajstić information content (AvgIpc) is 3.68. The molecule has 0 unspecified atom stereocenters. The number of aromatic nitrogens is 1. The van der Waals surface area contributed by atoms with Gasteiger partial charge in [0.05, 0.1) is 26.2 Å². The first-order valence-electron chi connectivity index (χ1n) is 20.6. The van der Waals surface area contributed by atoms with E-state index in [2.05, 4.69) is 71.3 Å². The molecular weight excluding hydrogens is 735 g/mol. The number of unbranched alkanes of at least 4 members (excludes halogenated alkanes) is 4. The predicted molar refractivity (Wildman–Crippen MR) is 242 cm³/mol. The van der Waals surface area contributed by atoms with Crippen LogP contribution in [-0.4, -0.2) is 31.2 Å². The van der Waals surface area contributed by atoms with Crippen molar-refractivity contribution in [3.05, 3.63) is 151 Å². The van der Waals surface area contributed by atoms with Gasteiger partial charge in [-0.15, -0.1) is 0 Å². The van der Waals surface area contributed by atoms with Crippen molar-refractivity contribution in [2.45, 2.75) is 77.6 Å². The largest absolute Gasteiger partial charge is 0.497 e. The minimum Gasteiger partial charge on any atom is -0.497 e. The number of nitrogens with one attached hydrogen (secondary N) is 2. The van der Waals surface area contributed by atoms with Crippen molar-refractivity contribution in [2.75, 3.05) is 24.9 Å². The Balaban J connectivity index is 1.04. The first-order chi connectivity index (χ1) is 29.0. The van der Waals surface area contributed by atoms with Gasteiger partial charge in [-0.25, -0.2) is 0 Å². The number of ether oxygens (including phenoxy) is 2. The molecule has 2 N–H and O–H groups in total. The number of anilines is 2. The fourth-order valence-corrected chi connectivity index (χ4v) is 6.45. The van der Waals surface area contributed by atoms with E-state index >= 15 is 0 Å². The Kier molecular flexibility index (Phi) is 18.1. The summed E-state index contributed by atoms with van der Waals surface area (Å²) >= 11 is 0. The van der Waals surface area contributed by atoms with E-state index in [-0.39, 0.29) is 18.2 Å². The monoisotopic (exact) mass is 791 g/mol. The van der Waals surface area contributed by atoms with Crippen LogP contribution in [0.5, 0.6) is 11.5 Å². The summed E-state index contributed by atoms with van der Waals surface area (Å²) < 4.78 is 16.5. The van der Waals surface area contributed by atoms with E-state index in [0.29, 0.717) is 23.6 Å². The van der Waals surface area contributed by atoms with Crippen LogP contribution >= 0.6 is 0 Å². The molecule has 2 amide bonds. The van der Waals surface area contributed by atoms with Crippen LogP contribution in [0.2, 0.25) is 0 Å². The van der Waals surface area contributed by atoms with Gasteiger partial charge in [-0.05, 0) is 122 Å². The highest BCUT2D eigenvalue weighted by Gasteiger charge is 2.22. The van der Waals surface area contributed by atoms with Gasteiger partial charge < -0.3 is 24.6 Å². The summed E-state index contributed by atoms with van der Waals surface area (Å²) in [7, 11) is 3.24. The van der Waals surface area contributed by atoms with Crippen LogP contribution in [-0.2, 0) is 16.0 Å². The van der Waals surface area contributed by atoms with Crippen molar-refractivity contribution >= 4 is 23.2 Å². The third-order valence-electron chi connectivity index (χ3n) is 9.73. The predicted octanol–water partition coefficient (Wildman–Crippen LogP) is 13.0. The van der Waals surface area contributed by atoms with Gasteiger partial charge in [0, 0.05) is 23.4 Å². The topological polar surface area (TPSA) is 103 Å². The molecule has 5 rings (SSSR count). The van der Waals surface area contributed by atoms with Gasteiger partial charge in [0.2, 0.25) is 11.8 Å². The summed E-state index contributed by atoms with van der Waals surface area (Å²) in [6.07, 6.45) is 27.8. The molecule has 8 heteroatoms. The van der Waals surface area contributed by atoms with E-state index in [1.807, 2.05) is 97.1 Å². The Hall–Kier alpha value is -6.41. The Bertz CT molecular complexity index is 2140. The van der Waals surface area contributed by atoms with E-state index in [1.165, 1.54) is 25.7 Å². The minimum atomic E-state index is -0.232. The number of methoxy groups -OCH3 is 2. The van der Waals surface area contributed by atoms with Gasteiger partial charge >= 0.3 is 0 Å². The Labute approximate surface area is 349 Å². The van der Waals surface area contributed by atoms with Crippen LogP contribution in [0.3, 0.4) is 0 Å². The number of carbonyl (C=O) groups is 2. The number of hydrogen-bond donors (Lipinski definition) is 2. The summed E-state index contributed by atoms with van der Waals surface area (Å²) in [5.41, 5.74) is 6.48. The molecule has 5 aromatic rings. The third-order valence-corrected chi connectivity index (χ3v) is 9.73. The molecule has 0 bridgehead atoms. The normalized spacial score (nSPS) is 11.6. The zero-order valence-corrected chi connectivity index (χ0v) is 34.6. The van der Waals surface area contributed by atoms with Crippen molar-refractivity contribution < 1.29 is 23.6 Å². The third kappa shape index (κ3) is 14.5. The highest BCUT2D eigenvalue weighted by Crippen LogP contribution is 2.36. The van der Waals surface area contributed by atoms with Gasteiger partial charge in [-0.1, -0.05) is 110 Å². The molecular formula is C51H57N3O5. The summed E-state index contributed by atoms with van der Waals surface area (Å²) in [6, 6.07) is 30.6. The summed E-state index contributed by atoms with van der Waals surface area (Å²) in [5.74, 6) is 1.68. The maximum Gasteiger partial charge on any atom is 0.232 e. The molecule has 0 radical (unpaired) electrons. The number of amides is 2. The molecule has 1 heterocycles. The molecule has 0 saturated carbocycles. The maximum atomic E-state index is 13.3. The first kappa shape index (κ1) is 43.7. The maximum absolute atomic E-state index is 13.3. The molecule has 0 fully saturated rings. The molecule has 8 nitrogen and oxygen atoms in total. The fraction of sp³-hybridized carbons (Fsp3) is 0.275. The van der Waals surface area contributed by atoms with Crippen LogP contribution in [0.25, 0.3) is 33.5 Å². The number of carbonyl (C=O) groups excluding carboxylic acids is 2. The summed E-state index contributed by atoms with van der Waals surface area (Å²) in [4.78, 5) is 25.9. The second-order valence-corrected chi connectivity index (χ2v) is 14.2. The highest BCUT2D eigenvalue weighted by molar-refractivity contribution is 5.95. The molecule has 306 valence electrons. The Morgan fingerprint density at radius 1 is 0.559 bits per heavy atom. The smallest absolute Gasteiger partial charge is 0.232 e. The standard InChI is InChI=1S/C51H57N3O5/c1-4-5-6-7-8-9-10-11-12-13-14-15-16-17-18-19-20-21-48(55)52-43-30-22-39(23-31-43)40-24-32-44(33-25-40)53-49(56)38-47-50(41-26-34-45(57-2)35-27-41)51(54-59-47)42-28-36-46(58-3)37-29-42/h8-9,11-12,14-15,17-18,22-37H,4-7,10,13,16,19-21,38H2,1-3H3,(H,52,55)(H,53,56). The molecule has 1 aromatic heterocycles. The van der Waals surface area contributed by atoms with Crippen LogP contribution in [0.1, 0.15) is 76.9 Å². The highest BCUT2D eigenvalue weighted by atomic mass is 16.5. The number of nitrogens with zero attached hydrogens (tertiary/aromatic N) is 1. The second kappa shape index (κ2) is 24.4. The second-order valence-electron chi connectivity index (χ2n) is 14.2. The van der Waals surface area contributed by atoms with Crippen molar-refractivity contribution in [1.29, 1.82) is 0 Å². The van der Waals surface area contributed by atoms with Crippen molar-refractivity contribution in [3.63, 3.8) is 0 Å². The lowest BCUT2D eigenvalue weighted by Crippen LogP contribution is -2.14. The van der Waals surface area contributed by atoms with Gasteiger partial charge in [0.1, 0.15) is 17.2 Å². The quantitative estimate of drug-likeness (QED) is 0.0504. The number of benzene rings is 4. The molecule has 4 aromatic carbocycles. The lowest BCUT2D eigenvalue weighted by Gasteiger charge is -2.09. The van der Waals surface area contributed by atoms with E-state index in [4.69, 9.17) is 14.0 Å². The lowest BCUT2D eigenvalue weighted by atomic mass is 9.97. The van der Waals surface area contributed by atoms with Crippen molar-refractivity contribution in [2.24, 2.45) is 0 Å². The molecule has 0 aliphatic rings. The van der Waals surface area contributed by atoms with Crippen molar-refractivity contribution in [1.82, 2.24) is 5.16 Å². The zero-order chi connectivity index (χ0) is 41.5. The molecule has 59 heavy (non-hydrogen) atoms. The number of allylic oxidation sites excluding steroid dienone is 8. The van der Waals surface area contributed by atoms with Gasteiger partial charge in [-0.2, -0.15) is 0 Å². The first-order valence-corrected chi connectivity index (χ1v) is 20.6. The lowest BCUT2D eigenvalue weighted by molar-refractivity contribution is -0.116. The van der Waals surface area contributed by atoms with Crippen molar-refractivity contribution in [3.8, 4) is 45.0 Å². The van der Waals surface area contributed by atoms with Crippen LogP contribution < -0.4 is 20.1 Å². The number of hydrogen-bond acceptors (Lipinski definition) is 6. The fourth-order valence-electron chi connectivity index (χ4n) is 6.45. The van der Waals surface area contributed by atoms with E-state index < -0.39 is 0 Å². The van der Waals surface area contributed by atoms with Gasteiger partial charge in [0.15, 0.2) is 5.76 Å². The molecule has 0 spiro atoms. The number of rotatable bonds is 23. The SMILES string of the molecule is CCCCCC=CCC=CCC=CCC=CCCCC(=O)Nc1ccc(-c2ccc(NC(=O)Cc3onc(-c4ccc(OC)cc4)c3-c3ccc(OC)cc3)cc2)cc1. The van der Waals surface area contributed by atoms with Gasteiger partial charge in [0.25, 0.3) is 0 Å². The zero-order valence-electron chi connectivity index (χ0n) is 34.6. The average molecular weight is 792 g/mol. The molecule has 0 saturated heterocycles. The Morgan fingerprint density at radius 3 is 1.53 bits per heavy atom. The summed E-state index contributed by atoms with van der Waals surface area (Å²) in [6.45, 7) is 2.23. The summed E-state index contributed by atoms with van der Waals surface area (Å²) in [5, 5.41) is 10.4. The van der Waals surface area contributed by atoms with Gasteiger partial charge in [-0.3, -0.25) is 9.59 Å². The molecule has 0 atom stereocenters. The molecule has 0 aliphatic heterocycles. The van der Waals surface area contributed by atoms with E-state index in [1.54, 1.807) is 14.2 Å². The van der Waals surface area contributed by atoms with Crippen LogP contribution in [0, 0.1) is 0 Å².